The first-order valence-electron chi connectivity index (χ1n) is 3.81. The van der Waals surface area contributed by atoms with Crippen LogP contribution in [0.2, 0.25) is 0 Å². The van der Waals surface area contributed by atoms with E-state index in [-0.39, 0.29) is 24.8 Å². The lowest BCUT2D eigenvalue weighted by Crippen LogP contribution is -2.42. The second-order valence-electron chi connectivity index (χ2n) is 2.80. The highest BCUT2D eigenvalue weighted by molar-refractivity contribution is 5.85. The van der Waals surface area contributed by atoms with E-state index in [0.29, 0.717) is 6.04 Å². The van der Waals surface area contributed by atoms with Gasteiger partial charge in [0.05, 0.1) is 0 Å². The van der Waals surface area contributed by atoms with Crippen LogP contribution in [0.3, 0.4) is 0 Å². The van der Waals surface area contributed by atoms with E-state index < -0.39 is 0 Å². The van der Waals surface area contributed by atoms with Gasteiger partial charge in [-0.15, -0.1) is 24.8 Å². The molecule has 4 heteroatoms. The molecule has 0 aliphatic carbocycles. The molecule has 1 saturated heterocycles. The molecule has 1 aliphatic rings. The Kier molecular flexibility index (Phi) is 9.15. The summed E-state index contributed by atoms with van der Waals surface area (Å²) in [4.78, 5) is 2.41. The van der Waals surface area contributed by atoms with Gasteiger partial charge in [0.25, 0.3) is 0 Å². The molecule has 0 unspecified atom stereocenters. The predicted octanol–water partition coefficient (Wildman–Crippen LogP) is 1.27. The van der Waals surface area contributed by atoms with E-state index >= 15 is 0 Å². The molecule has 11 heavy (non-hydrogen) atoms. The first-order valence-corrected chi connectivity index (χ1v) is 3.81. The lowest BCUT2D eigenvalue weighted by atomic mass is 10.1. The number of rotatable bonds is 1. The van der Waals surface area contributed by atoms with Crippen LogP contribution in [-0.4, -0.2) is 30.6 Å². The molecule has 2 nitrogen and oxygen atoms in total. The van der Waals surface area contributed by atoms with Gasteiger partial charge in [0.15, 0.2) is 0 Å². The lowest BCUT2D eigenvalue weighted by molar-refractivity contribution is 0.219. The number of piperidine rings is 1. The smallest absolute Gasteiger partial charge is 0.0168 e. The van der Waals surface area contributed by atoms with Gasteiger partial charge in [-0.3, -0.25) is 0 Å². The first-order chi connectivity index (χ1) is 4.33. The number of nitrogens with zero attached hydrogens (tertiary/aromatic N) is 1. The molecule has 1 fully saturated rings. The Morgan fingerprint density at radius 3 is 2.45 bits per heavy atom. The number of hydrogen-bond acceptors (Lipinski definition) is 2. The van der Waals surface area contributed by atoms with Crippen LogP contribution in [0, 0.1) is 0 Å². The summed E-state index contributed by atoms with van der Waals surface area (Å²) in [6.07, 6.45) is 2.51. The van der Waals surface area contributed by atoms with E-state index in [4.69, 9.17) is 5.73 Å². The third-order valence-corrected chi connectivity index (χ3v) is 1.99. The van der Waals surface area contributed by atoms with Crippen molar-refractivity contribution in [2.45, 2.75) is 25.8 Å². The average Bonchev–Trinajstić information content (AvgIpc) is 1.88. The van der Waals surface area contributed by atoms with Crippen LogP contribution in [0.25, 0.3) is 0 Å². The summed E-state index contributed by atoms with van der Waals surface area (Å²) in [5.74, 6) is 0. The molecule has 0 bridgehead atoms. The third kappa shape index (κ3) is 4.86. The molecule has 1 heterocycles. The van der Waals surface area contributed by atoms with Gasteiger partial charge in [0, 0.05) is 12.6 Å². The molecule has 0 radical (unpaired) electrons. The number of nitrogens with two attached hydrogens (primary N) is 1. The fourth-order valence-electron chi connectivity index (χ4n) is 1.38. The maximum absolute atomic E-state index is 5.76. The van der Waals surface area contributed by atoms with Gasteiger partial charge in [-0.2, -0.15) is 0 Å². The van der Waals surface area contributed by atoms with Crippen molar-refractivity contribution >= 4 is 24.8 Å². The van der Waals surface area contributed by atoms with Gasteiger partial charge >= 0.3 is 0 Å². The van der Waals surface area contributed by atoms with Crippen LogP contribution in [-0.2, 0) is 0 Å². The van der Waals surface area contributed by atoms with Gasteiger partial charge in [0.1, 0.15) is 0 Å². The molecular formula is C7H18Cl2N2. The summed E-state index contributed by atoms with van der Waals surface area (Å²) < 4.78 is 0. The molecule has 2 N–H and O–H groups in total. The van der Waals surface area contributed by atoms with Crippen LogP contribution < -0.4 is 5.73 Å². The third-order valence-electron chi connectivity index (χ3n) is 1.99. The van der Waals surface area contributed by atoms with Crippen molar-refractivity contribution in [1.82, 2.24) is 4.90 Å². The zero-order valence-electron chi connectivity index (χ0n) is 6.95. The molecule has 0 amide bonds. The van der Waals surface area contributed by atoms with Crippen molar-refractivity contribution in [3.8, 4) is 0 Å². The van der Waals surface area contributed by atoms with Gasteiger partial charge in [-0.1, -0.05) is 6.92 Å². The van der Waals surface area contributed by atoms with Gasteiger partial charge in [-0.05, 0) is 25.9 Å². The minimum Gasteiger partial charge on any atom is -0.327 e. The monoisotopic (exact) mass is 200 g/mol. The zero-order valence-corrected chi connectivity index (χ0v) is 8.59. The van der Waals surface area contributed by atoms with Crippen LogP contribution >= 0.6 is 24.8 Å². The normalized spacial score (nSPS) is 25.1. The van der Waals surface area contributed by atoms with Crippen LogP contribution in [0.5, 0.6) is 0 Å². The van der Waals surface area contributed by atoms with Crippen molar-refractivity contribution in [2.75, 3.05) is 19.6 Å². The molecule has 1 aliphatic heterocycles. The van der Waals surface area contributed by atoms with E-state index in [0.717, 1.165) is 13.1 Å². The Morgan fingerprint density at radius 2 is 2.09 bits per heavy atom. The highest BCUT2D eigenvalue weighted by Gasteiger charge is 2.13. The minimum atomic E-state index is 0. The molecule has 0 aromatic heterocycles. The predicted molar refractivity (Wildman–Crippen MR) is 53.8 cm³/mol. The summed E-state index contributed by atoms with van der Waals surface area (Å²) in [5, 5.41) is 0. The zero-order chi connectivity index (χ0) is 6.69. The van der Waals surface area contributed by atoms with Crippen molar-refractivity contribution in [3.05, 3.63) is 0 Å². The number of likely N-dealkylation sites (N-methyl/N-ethyl adjacent to an activating group) is 1. The second kappa shape index (κ2) is 7.17. The van der Waals surface area contributed by atoms with Gasteiger partial charge in [-0.25, -0.2) is 0 Å². The first kappa shape index (κ1) is 14.0. The van der Waals surface area contributed by atoms with Gasteiger partial charge < -0.3 is 10.6 Å². The van der Waals surface area contributed by atoms with Gasteiger partial charge in [0.2, 0.25) is 0 Å². The number of likely N-dealkylation sites (tertiary alicyclic amines) is 1. The summed E-state index contributed by atoms with van der Waals surface area (Å²) in [6.45, 7) is 5.71. The van der Waals surface area contributed by atoms with Crippen LogP contribution in [0.15, 0.2) is 0 Å². The Balaban J connectivity index is 0. The quantitative estimate of drug-likeness (QED) is 0.692. The molecule has 0 saturated carbocycles. The van der Waals surface area contributed by atoms with E-state index in [1.807, 2.05) is 0 Å². The summed E-state index contributed by atoms with van der Waals surface area (Å²) in [6, 6.07) is 0.443. The molecule has 70 valence electrons. The summed E-state index contributed by atoms with van der Waals surface area (Å²) in [7, 11) is 0. The fourth-order valence-corrected chi connectivity index (χ4v) is 1.38. The Morgan fingerprint density at radius 1 is 1.45 bits per heavy atom. The van der Waals surface area contributed by atoms with Crippen LogP contribution in [0.1, 0.15) is 19.8 Å². The van der Waals surface area contributed by atoms with Crippen molar-refractivity contribution in [3.63, 3.8) is 0 Å². The van der Waals surface area contributed by atoms with Crippen molar-refractivity contribution < 1.29 is 0 Å². The largest absolute Gasteiger partial charge is 0.327 e. The average molecular weight is 201 g/mol. The maximum atomic E-state index is 5.76. The lowest BCUT2D eigenvalue weighted by Gasteiger charge is -2.29. The van der Waals surface area contributed by atoms with Crippen LogP contribution in [0.4, 0.5) is 0 Å². The Bertz CT molecular complexity index is 90.5. The molecule has 1 atom stereocenters. The van der Waals surface area contributed by atoms with E-state index in [2.05, 4.69) is 11.8 Å². The molecule has 0 aromatic rings. The molecule has 1 rings (SSSR count). The topological polar surface area (TPSA) is 29.3 Å². The Labute approximate surface area is 81.3 Å². The number of hydrogen-bond donors (Lipinski definition) is 1. The van der Waals surface area contributed by atoms with E-state index in [9.17, 15) is 0 Å². The van der Waals surface area contributed by atoms with E-state index in [1.54, 1.807) is 0 Å². The highest BCUT2D eigenvalue weighted by atomic mass is 35.5. The molecule has 0 aromatic carbocycles. The Hall–Kier alpha value is 0.500. The van der Waals surface area contributed by atoms with Crippen molar-refractivity contribution in [2.24, 2.45) is 5.73 Å². The fraction of sp³-hybridized carbons (Fsp3) is 1.00. The summed E-state index contributed by atoms with van der Waals surface area (Å²) in [5.41, 5.74) is 5.76. The minimum absolute atomic E-state index is 0. The van der Waals surface area contributed by atoms with Crippen molar-refractivity contribution in [1.29, 1.82) is 0 Å². The number of halogens is 2. The molecular weight excluding hydrogens is 183 g/mol. The second-order valence-corrected chi connectivity index (χ2v) is 2.80. The SMILES string of the molecule is CCN1CCC[C@H](N)C1.Cl.Cl. The standard InChI is InChI=1S/C7H16N2.2ClH/c1-2-9-5-3-4-7(8)6-9;;/h7H,2-6,8H2,1H3;2*1H/t7-;;/m0../s1. The maximum Gasteiger partial charge on any atom is 0.0168 e. The highest BCUT2D eigenvalue weighted by Crippen LogP contribution is 2.06. The molecule has 0 spiro atoms. The summed E-state index contributed by atoms with van der Waals surface area (Å²) >= 11 is 0. The van der Waals surface area contributed by atoms with E-state index in [1.165, 1.54) is 19.4 Å².